The SMILES string of the molecule is CN=C(NCc1cn2c(C)cccc2n1)NCC(c1ccco1)N1CCCCC1.I. The van der Waals surface area contributed by atoms with Crippen LogP contribution in [0.3, 0.4) is 0 Å². The summed E-state index contributed by atoms with van der Waals surface area (Å²) in [4.78, 5) is 11.6. The number of fused-ring (bicyclic) bond motifs is 1. The van der Waals surface area contributed by atoms with Crippen LogP contribution in [0, 0.1) is 6.92 Å². The third-order valence-corrected chi connectivity index (χ3v) is 5.57. The summed E-state index contributed by atoms with van der Waals surface area (Å²) in [5, 5.41) is 6.86. The molecule has 0 aromatic carbocycles. The van der Waals surface area contributed by atoms with Crippen molar-refractivity contribution in [3.8, 4) is 0 Å². The lowest BCUT2D eigenvalue weighted by Crippen LogP contribution is -2.44. The Morgan fingerprint density at radius 3 is 2.70 bits per heavy atom. The van der Waals surface area contributed by atoms with Crippen molar-refractivity contribution in [2.24, 2.45) is 4.99 Å². The van der Waals surface area contributed by atoms with Crippen molar-refractivity contribution in [1.82, 2.24) is 24.9 Å². The van der Waals surface area contributed by atoms with Gasteiger partial charge in [-0.3, -0.25) is 9.89 Å². The van der Waals surface area contributed by atoms with Gasteiger partial charge in [0.05, 0.1) is 24.5 Å². The number of halogens is 1. The lowest BCUT2D eigenvalue weighted by atomic mass is 10.1. The minimum absolute atomic E-state index is 0. The molecule has 0 bridgehead atoms. The average molecular weight is 522 g/mol. The van der Waals surface area contributed by atoms with Gasteiger partial charge in [-0.25, -0.2) is 4.98 Å². The Kier molecular flexibility index (Phi) is 8.15. The van der Waals surface area contributed by atoms with Gasteiger partial charge in [0, 0.05) is 25.5 Å². The van der Waals surface area contributed by atoms with Crippen molar-refractivity contribution in [1.29, 1.82) is 0 Å². The summed E-state index contributed by atoms with van der Waals surface area (Å²) in [6.07, 6.45) is 7.64. The second-order valence-electron chi connectivity index (χ2n) is 7.56. The van der Waals surface area contributed by atoms with Crippen LogP contribution >= 0.6 is 24.0 Å². The van der Waals surface area contributed by atoms with E-state index in [1.54, 1.807) is 13.3 Å². The Hall–Kier alpha value is -2.07. The van der Waals surface area contributed by atoms with Gasteiger partial charge in [-0.1, -0.05) is 12.5 Å². The molecule has 2 N–H and O–H groups in total. The van der Waals surface area contributed by atoms with E-state index in [1.165, 1.54) is 25.0 Å². The Labute approximate surface area is 195 Å². The lowest BCUT2D eigenvalue weighted by molar-refractivity contribution is 0.146. The van der Waals surface area contributed by atoms with E-state index in [4.69, 9.17) is 4.42 Å². The summed E-state index contributed by atoms with van der Waals surface area (Å²) in [6.45, 7) is 5.68. The maximum Gasteiger partial charge on any atom is 0.191 e. The van der Waals surface area contributed by atoms with E-state index < -0.39 is 0 Å². The van der Waals surface area contributed by atoms with Crippen LogP contribution < -0.4 is 10.6 Å². The van der Waals surface area contributed by atoms with E-state index in [0.29, 0.717) is 6.54 Å². The highest BCUT2D eigenvalue weighted by Crippen LogP contribution is 2.24. The van der Waals surface area contributed by atoms with Crippen molar-refractivity contribution in [3.05, 3.63) is 59.9 Å². The number of guanidine groups is 1. The van der Waals surface area contributed by atoms with Gasteiger partial charge >= 0.3 is 0 Å². The molecule has 3 aromatic rings. The van der Waals surface area contributed by atoms with Crippen LogP contribution in [0.2, 0.25) is 0 Å². The van der Waals surface area contributed by atoms with E-state index in [-0.39, 0.29) is 30.0 Å². The van der Waals surface area contributed by atoms with Gasteiger partial charge in [-0.15, -0.1) is 24.0 Å². The van der Waals surface area contributed by atoms with E-state index in [1.807, 2.05) is 18.2 Å². The van der Waals surface area contributed by atoms with Gasteiger partial charge in [-0.05, 0) is 57.1 Å². The predicted octanol–water partition coefficient (Wildman–Crippen LogP) is 3.75. The van der Waals surface area contributed by atoms with Crippen molar-refractivity contribution in [2.75, 3.05) is 26.7 Å². The fourth-order valence-corrected chi connectivity index (χ4v) is 3.99. The second-order valence-corrected chi connectivity index (χ2v) is 7.56. The summed E-state index contributed by atoms with van der Waals surface area (Å²) < 4.78 is 7.84. The average Bonchev–Trinajstić information content (AvgIpc) is 3.42. The standard InChI is InChI=1S/C22H30N6O.HI/c1-17-8-6-10-21-26-18(16-28(17)21)14-24-22(23-2)25-15-19(20-9-7-13-29-20)27-11-4-3-5-12-27;/h6-10,13,16,19H,3-5,11-12,14-15H2,1-2H3,(H2,23,24,25);1H. The van der Waals surface area contributed by atoms with E-state index in [0.717, 1.165) is 42.7 Å². The van der Waals surface area contributed by atoms with E-state index in [2.05, 4.69) is 55.2 Å². The van der Waals surface area contributed by atoms with Gasteiger partial charge in [-0.2, -0.15) is 0 Å². The molecule has 1 atom stereocenters. The normalized spacial score (nSPS) is 16.3. The molecule has 8 heteroatoms. The molecule has 0 saturated carbocycles. The molecule has 1 unspecified atom stereocenters. The zero-order valence-electron chi connectivity index (χ0n) is 17.7. The van der Waals surface area contributed by atoms with Crippen molar-refractivity contribution in [3.63, 3.8) is 0 Å². The highest BCUT2D eigenvalue weighted by atomic mass is 127. The second kappa shape index (κ2) is 10.8. The number of aromatic nitrogens is 2. The minimum Gasteiger partial charge on any atom is -0.468 e. The van der Waals surface area contributed by atoms with E-state index in [9.17, 15) is 0 Å². The van der Waals surface area contributed by atoms with Crippen LogP contribution in [0.15, 0.2) is 52.2 Å². The number of hydrogen-bond donors (Lipinski definition) is 2. The first kappa shape index (κ1) is 22.6. The monoisotopic (exact) mass is 522 g/mol. The molecular weight excluding hydrogens is 491 g/mol. The highest BCUT2D eigenvalue weighted by Gasteiger charge is 2.24. The zero-order valence-corrected chi connectivity index (χ0v) is 20.0. The number of likely N-dealkylation sites (tertiary alicyclic amines) is 1. The number of aliphatic imine (C=N–C) groups is 1. The maximum atomic E-state index is 5.73. The largest absolute Gasteiger partial charge is 0.468 e. The maximum absolute atomic E-state index is 5.73. The van der Waals surface area contributed by atoms with Crippen LogP contribution in [0.25, 0.3) is 5.65 Å². The number of nitrogens with one attached hydrogen (secondary N) is 2. The smallest absolute Gasteiger partial charge is 0.191 e. The number of imidazole rings is 1. The number of furan rings is 1. The number of piperidine rings is 1. The molecular formula is C22H31IN6O. The van der Waals surface area contributed by atoms with Gasteiger partial charge < -0.3 is 19.5 Å². The molecule has 1 aliphatic rings. The number of nitrogens with zero attached hydrogens (tertiary/aromatic N) is 4. The van der Waals surface area contributed by atoms with Gasteiger partial charge in [0.2, 0.25) is 0 Å². The summed E-state index contributed by atoms with van der Waals surface area (Å²) >= 11 is 0. The molecule has 0 amide bonds. The zero-order chi connectivity index (χ0) is 20.1. The molecule has 4 heterocycles. The fraction of sp³-hybridized carbons (Fsp3) is 0.455. The third kappa shape index (κ3) is 5.34. The fourth-order valence-electron chi connectivity index (χ4n) is 3.99. The predicted molar refractivity (Wildman–Crippen MR) is 130 cm³/mol. The molecule has 1 aliphatic heterocycles. The lowest BCUT2D eigenvalue weighted by Gasteiger charge is -2.33. The topological polar surface area (TPSA) is 70.1 Å². The number of aryl methyl sites for hydroxylation is 1. The molecule has 30 heavy (non-hydrogen) atoms. The molecule has 0 radical (unpaired) electrons. The summed E-state index contributed by atoms with van der Waals surface area (Å²) in [6, 6.07) is 10.4. The van der Waals surface area contributed by atoms with Crippen molar-refractivity contribution >= 4 is 35.6 Å². The van der Waals surface area contributed by atoms with Gasteiger partial charge in [0.25, 0.3) is 0 Å². The first-order chi connectivity index (χ1) is 14.2. The van der Waals surface area contributed by atoms with Gasteiger partial charge in [0.15, 0.2) is 5.96 Å². The summed E-state index contributed by atoms with van der Waals surface area (Å²) in [7, 11) is 1.80. The van der Waals surface area contributed by atoms with Crippen LogP contribution in [-0.4, -0.2) is 46.9 Å². The van der Waals surface area contributed by atoms with Crippen LogP contribution in [0.4, 0.5) is 0 Å². The number of hydrogen-bond acceptors (Lipinski definition) is 4. The Bertz CT molecular complexity index is 946. The molecule has 162 valence electrons. The Balaban J connectivity index is 0.00000256. The van der Waals surface area contributed by atoms with Gasteiger partial charge in [0.1, 0.15) is 11.4 Å². The molecule has 0 aliphatic carbocycles. The highest BCUT2D eigenvalue weighted by molar-refractivity contribution is 14.0. The van der Waals surface area contributed by atoms with Crippen LogP contribution in [-0.2, 0) is 6.54 Å². The minimum atomic E-state index is 0. The van der Waals surface area contributed by atoms with Crippen molar-refractivity contribution < 1.29 is 4.42 Å². The molecule has 1 saturated heterocycles. The summed E-state index contributed by atoms with van der Waals surface area (Å²) in [5.74, 6) is 1.78. The number of pyridine rings is 1. The van der Waals surface area contributed by atoms with E-state index >= 15 is 0 Å². The summed E-state index contributed by atoms with van der Waals surface area (Å²) in [5.41, 5.74) is 3.13. The molecule has 4 rings (SSSR count). The molecule has 0 spiro atoms. The molecule has 7 nitrogen and oxygen atoms in total. The third-order valence-electron chi connectivity index (χ3n) is 5.57. The number of rotatable bonds is 6. The van der Waals surface area contributed by atoms with Crippen LogP contribution in [0.5, 0.6) is 0 Å². The first-order valence-electron chi connectivity index (χ1n) is 10.4. The first-order valence-corrected chi connectivity index (χ1v) is 10.4. The van der Waals surface area contributed by atoms with Crippen LogP contribution in [0.1, 0.15) is 42.5 Å². The quantitative estimate of drug-likeness (QED) is 0.293. The Morgan fingerprint density at radius 2 is 2.00 bits per heavy atom. The molecule has 1 fully saturated rings. The van der Waals surface area contributed by atoms with Crippen molar-refractivity contribution in [2.45, 2.75) is 38.8 Å². The Morgan fingerprint density at radius 1 is 1.17 bits per heavy atom. The molecule has 3 aromatic heterocycles.